The van der Waals surface area contributed by atoms with Gasteiger partial charge >= 0.3 is 0 Å². The van der Waals surface area contributed by atoms with Crippen LogP contribution in [0, 0.1) is 6.92 Å². The molecule has 0 unspecified atom stereocenters. The Morgan fingerprint density at radius 2 is 2.06 bits per heavy atom. The molecule has 1 N–H and O–H groups in total. The summed E-state index contributed by atoms with van der Waals surface area (Å²) in [5.74, 6) is -0.144. The van der Waals surface area contributed by atoms with Crippen LogP contribution in [-0.4, -0.2) is 10.9 Å². The lowest BCUT2D eigenvalue weighted by atomic mass is 10.3. The van der Waals surface area contributed by atoms with E-state index in [0.29, 0.717) is 10.6 Å². The molecule has 0 aliphatic heterocycles. The largest absolute Gasteiger partial charge is 0.320 e. The van der Waals surface area contributed by atoms with Crippen LogP contribution in [-0.2, 0) is 0 Å². The zero-order chi connectivity index (χ0) is 13.3. The number of aromatic nitrogens is 1. The van der Waals surface area contributed by atoms with Crippen LogP contribution in [0.4, 0.5) is 5.69 Å². The zero-order valence-electron chi connectivity index (χ0n) is 9.13. The summed E-state index contributed by atoms with van der Waals surface area (Å²) in [6.45, 7) is 1.92. The molecule has 7 heteroatoms. The van der Waals surface area contributed by atoms with Crippen LogP contribution < -0.4 is 5.32 Å². The topological polar surface area (TPSA) is 42.0 Å². The summed E-state index contributed by atoms with van der Waals surface area (Å²) in [5.41, 5.74) is 1.66. The number of aryl methyl sites for hydroxylation is 1. The van der Waals surface area contributed by atoms with Crippen molar-refractivity contribution >= 4 is 70.7 Å². The smallest absolute Gasteiger partial charge is 0.265 e. The normalized spacial score (nSPS) is 10.4. The fourth-order valence-corrected chi connectivity index (χ4v) is 3.43. The number of halogens is 3. The molecule has 0 aliphatic rings. The molecule has 0 radical (unpaired) electrons. The Balaban J connectivity index is 2.18. The first-order chi connectivity index (χ1) is 8.47. The molecule has 2 aromatic rings. The highest BCUT2D eigenvalue weighted by atomic mass is 79.9. The van der Waals surface area contributed by atoms with Gasteiger partial charge in [0, 0.05) is 4.47 Å². The monoisotopic (exact) mass is 452 g/mol. The number of nitrogens with zero attached hydrogens (tertiary/aromatic N) is 1. The number of anilines is 1. The van der Waals surface area contributed by atoms with Gasteiger partial charge in [0.15, 0.2) is 0 Å². The summed E-state index contributed by atoms with van der Waals surface area (Å²) in [4.78, 5) is 16.8. The van der Waals surface area contributed by atoms with Gasteiger partial charge in [0.2, 0.25) is 0 Å². The molecule has 0 bridgehead atoms. The molecule has 0 aliphatic carbocycles. The second-order valence-corrected chi connectivity index (χ2v) is 7.49. The Hall–Kier alpha value is -0.240. The first-order valence-corrected chi connectivity index (χ1v) is 8.05. The molecule has 18 heavy (non-hydrogen) atoms. The van der Waals surface area contributed by atoms with Crippen LogP contribution in [0.1, 0.15) is 15.2 Å². The number of carbonyl (C=O) groups excluding carboxylic acids is 1. The molecule has 0 saturated carbocycles. The Kier molecular flexibility index (Phi) is 4.58. The number of amides is 1. The number of pyridine rings is 1. The standard InChI is InChI=1S/C11H7Br3N2OS/c1-5-2-6(4-15-9(5)13)16-11(17)8-3-7(12)10(14)18-8/h2-4H,1H3,(H,16,17). The van der Waals surface area contributed by atoms with E-state index >= 15 is 0 Å². The molecule has 0 saturated heterocycles. The van der Waals surface area contributed by atoms with E-state index in [9.17, 15) is 4.79 Å². The molecular weight excluding hydrogens is 448 g/mol. The predicted molar refractivity (Wildman–Crippen MR) is 84.3 cm³/mol. The van der Waals surface area contributed by atoms with Crippen LogP contribution in [0.5, 0.6) is 0 Å². The molecule has 0 fully saturated rings. The van der Waals surface area contributed by atoms with Gasteiger partial charge in [0.1, 0.15) is 4.60 Å². The lowest BCUT2D eigenvalue weighted by molar-refractivity contribution is 0.103. The molecule has 1 amide bonds. The van der Waals surface area contributed by atoms with Crippen LogP contribution in [0.2, 0.25) is 0 Å². The molecule has 2 heterocycles. The fourth-order valence-electron chi connectivity index (χ4n) is 1.28. The first kappa shape index (κ1) is 14.2. The van der Waals surface area contributed by atoms with Crippen LogP contribution >= 0.6 is 59.1 Å². The number of hydrogen-bond acceptors (Lipinski definition) is 3. The van der Waals surface area contributed by atoms with Gasteiger partial charge in [-0.25, -0.2) is 4.98 Å². The molecular formula is C11H7Br3N2OS. The third-order valence-corrected chi connectivity index (χ3v) is 6.23. The summed E-state index contributed by atoms with van der Waals surface area (Å²) in [7, 11) is 0. The molecule has 2 aromatic heterocycles. The number of thiophene rings is 1. The van der Waals surface area contributed by atoms with Crippen molar-refractivity contribution in [3.05, 3.63) is 41.6 Å². The average molecular weight is 455 g/mol. The predicted octanol–water partition coefficient (Wildman–Crippen LogP) is 4.99. The van der Waals surface area contributed by atoms with Crippen molar-refractivity contribution in [3.63, 3.8) is 0 Å². The lowest BCUT2D eigenvalue weighted by Crippen LogP contribution is -2.10. The van der Waals surface area contributed by atoms with E-state index in [1.54, 1.807) is 12.3 Å². The Bertz CT molecular complexity index is 593. The fraction of sp³-hybridized carbons (Fsp3) is 0.0909. The molecule has 2 rings (SSSR count). The maximum Gasteiger partial charge on any atom is 0.265 e. The summed E-state index contributed by atoms with van der Waals surface area (Å²) in [6.07, 6.45) is 1.62. The minimum absolute atomic E-state index is 0.144. The maximum absolute atomic E-state index is 12.0. The number of nitrogens with one attached hydrogen (secondary N) is 1. The molecule has 94 valence electrons. The average Bonchev–Trinajstić information content (AvgIpc) is 2.65. The highest BCUT2D eigenvalue weighted by molar-refractivity contribution is 9.13. The van der Waals surface area contributed by atoms with Gasteiger partial charge < -0.3 is 5.32 Å². The van der Waals surface area contributed by atoms with Gasteiger partial charge in [-0.3, -0.25) is 4.79 Å². The van der Waals surface area contributed by atoms with Crippen molar-refractivity contribution in [2.24, 2.45) is 0 Å². The summed E-state index contributed by atoms with van der Waals surface area (Å²) >= 11 is 11.4. The van der Waals surface area contributed by atoms with E-state index in [4.69, 9.17) is 0 Å². The lowest BCUT2D eigenvalue weighted by Gasteiger charge is -2.04. The number of carbonyl (C=O) groups is 1. The Morgan fingerprint density at radius 1 is 1.33 bits per heavy atom. The third kappa shape index (κ3) is 3.20. The van der Waals surface area contributed by atoms with E-state index in [1.165, 1.54) is 11.3 Å². The molecule has 0 spiro atoms. The Labute approximate surface area is 133 Å². The van der Waals surface area contributed by atoms with E-state index in [2.05, 4.69) is 58.1 Å². The minimum Gasteiger partial charge on any atom is -0.320 e. The van der Waals surface area contributed by atoms with Crippen molar-refractivity contribution in [2.75, 3.05) is 5.32 Å². The maximum atomic E-state index is 12.0. The second kappa shape index (κ2) is 5.81. The van der Waals surface area contributed by atoms with Crippen LogP contribution in [0.15, 0.2) is 31.2 Å². The van der Waals surface area contributed by atoms with E-state index in [0.717, 1.165) is 18.4 Å². The van der Waals surface area contributed by atoms with E-state index < -0.39 is 0 Å². The summed E-state index contributed by atoms with van der Waals surface area (Å²) in [6, 6.07) is 3.65. The molecule has 0 aromatic carbocycles. The van der Waals surface area contributed by atoms with Crippen molar-refractivity contribution < 1.29 is 4.79 Å². The van der Waals surface area contributed by atoms with Crippen molar-refractivity contribution in [3.8, 4) is 0 Å². The highest BCUT2D eigenvalue weighted by Gasteiger charge is 2.12. The number of hydrogen-bond donors (Lipinski definition) is 1. The van der Waals surface area contributed by atoms with Gasteiger partial charge in [-0.05, 0) is 72.4 Å². The third-order valence-electron chi connectivity index (χ3n) is 2.14. The summed E-state index contributed by atoms with van der Waals surface area (Å²) < 4.78 is 2.56. The first-order valence-electron chi connectivity index (χ1n) is 4.85. The quantitative estimate of drug-likeness (QED) is 0.649. The highest BCUT2D eigenvalue weighted by Crippen LogP contribution is 2.32. The zero-order valence-corrected chi connectivity index (χ0v) is 14.7. The van der Waals surface area contributed by atoms with Crippen molar-refractivity contribution in [1.29, 1.82) is 0 Å². The molecule has 0 atom stereocenters. The van der Waals surface area contributed by atoms with E-state index in [-0.39, 0.29) is 5.91 Å². The molecule has 3 nitrogen and oxygen atoms in total. The van der Waals surface area contributed by atoms with Gasteiger partial charge in [-0.2, -0.15) is 0 Å². The second-order valence-electron chi connectivity index (χ2n) is 3.52. The minimum atomic E-state index is -0.144. The van der Waals surface area contributed by atoms with Gasteiger partial charge in [-0.15, -0.1) is 11.3 Å². The van der Waals surface area contributed by atoms with Gasteiger partial charge in [0.05, 0.1) is 20.5 Å². The van der Waals surface area contributed by atoms with Crippen LogP contribution in [0.3, 0.4) is 0 Å². The van der Waals surface area contributed by atoms with Gasteiger partial charge in [-0.1, -0.05) is 0 Å². The van der Waals surface area contributed by atoms with Crippen molar-refractivity contribution in [1.82, 2.24) is 4.98 Å². The summed E-state index contributed by atoms with van der Waals surface area (Å²) in [5, 5.41) is 2.81. The van der Waals surface area contributed by atoms with Crippen LogP contribution in [0.25, 0.3) is 0 Å². The SMILES string of the molecule is Cc1cc(NC(=O)c2cc(Br)c(Br)s2)cnc1Br. The van der Waals surface area contributed by atoms with Gasteiger partial charge in [0.25, 0.3) is 5.91 Å². The van der Waals surface area contributed by atoms with Crippen molar-refractivity contribution in [2.45, 2.75) is 6.92 Å². The number of rotatable bonds is 2. The van der Waals surface area contributed by atoms with E-state index in [1.807, 2.05) is 13.0 Å². The Morgan fingerprint density at radius 3 is 2.61 bits per heavy atom.